The van der Waals surface area contributed by atoms with Gasteiger partial charge in [-0.1, -0.05) is 17.7 Å². The van der Waals surface area contributed by atoms with Gasteiger partial charge in [0.1, 0.15) is 9.88 Å². The average molecular weight is 551 g/mol. The van der Waals surface area contributed by atoms with Gasteiger partial charge in [-0.3, -0.25) is 9.52 Å². The lowest BCUT2D eigenvalue weighted by Crippen LogP contribution is -2.16. The normalized spacial score (nSPS) is 11.0. The number of amides is 1. The van der Waals surface area contributed by atoms with E-state index in [4.69, 9.17) is 21.1 Å². The van der Waals surface area contributed by atoms with Gasteiger partial charge in [-0.15, -0.1) is 11.3 Å². The van der Waals surface area contributed by atoms with Gasteiger partial charge < -0.3 is 14.8 Å². The average Bonchev–Trinajstić information content (AvgIpc) is 3.15. The molecule has 1 amide bonds. The molecular weight excluding hydrogens is 528 g/mol. The number of esters is 2. The number of carbonyl (C=O) groups excluding carboxylic acids is 3. The Morgan fingerprint density at radius 1 is 0.972 bits per heavy atom. The maximum atomic E-state index is 13.0. The number of halogens is 1. The second-order valence-corrected chi connectivity index (χ2v) is 10.4. The number of anilines is 2. The third kappa shape index (κ3) is 6.23. The first kappa shape index (κ1) is 27.2. The van der Waals surface area contributed by atoms with Crippen molar-refractivity contribution >= 4 is 61.5 Å². The van der Waals surface area contributed by atoms with Gasteiger partial charge in [-0.2, -0.15) is 0 Å². The van der Waals surface area contributed by atoms with Crippen LogP contribution in [0.25, 0.3) is 0 Å². The predicted octanol–water partition coefficient (Wildman–Crippen LogP) is 5.12. The van der Waals surface area contributed by atoms with Crippen molar-refractivity contribution in [1.29, 1.82) is 0 Å². The number of carbonyl (C=O) groups is 3. The van der Waals surface area contributed by atoms with Gasteiger partial charge in [-0.25, -0.2) is 18.0 Å². The van der Waals surface area contributed by atoms with Gasteiger partial charge in [0.05, 0.1) is 23.7 Å². The fourth-order valence-electron chi connectivity index (χ4n) is 3.17. The summed E-state index contributed by atoms with van der Waals surface area (Å²) in [5.74, 6) is -1.93. The summed E-state index contributed by atoms with van der Waals surface area (Å²) in [6.45, 7) is 5.11. The van der Waals surface area contributed by atoms with Gasteiger partial charge in [-0.05, 0) is 68.8 Å². The van der Waals surface area contributed by atoms with Crippen LogP contribution in [0.15, 0.2) is 53.4 Å². The zero-order chi connectivity index (χ0) is 26.5. The molecule has 1 heterocycles. The van der Waals surface area contributed by atoms with E-state index in [0.29, 0.717) is 10.6 Å². The summed E-state index contributed by atoms with van der Waals surface area (Å²) in [6.07, 6.45) is 0. The highest BCUT2D eigenvalue weighted by molar-refractivity contribution is 7.92. The Morgan fingerprint density at radius 2 is 1.61 bits per heavy atom. The third-order valence-electron chi connectivity index (χ3n) is 4.82. The largest absolute Gasteiger partial charge is 0.462 e. The Labute approximate surface area is 217 Å². The standard InChI is InChI=1S/C24H23ClN2O7S2/c1-4-33-23(29)19-14(3)20(24(30)34-5-2)35-22(19)26-21(28)15-7-6-8-17(13-15)27-36(31,32)18-11-9-16(25)10-12-18/h6-13,27H,4-5H2,1-3H3,(H,26,28). The molecule has 2 N–H and O–H groups in total. The van der Waals surface area contributed by atoms with Crippen molar-refractivity contribution in [2.24, 2.45) is 0 Å². The second-order valence-electron chi connectivity index (χ2n) is 7.30. The molecule has 0 fully saturated rings. The third-order valence-corrected chi connectivity index (χ3v) is 7.65. The van der Waals surface area contributed by atoms with Crippen LogP contribution in [-0.4, -0.2) is 39.5 Å². The molecule has 3 rings (SSSR count). The van der Waals surface area contributed by atoms with E-state index in [2.05, 4.69) is 10.0 Å². The lowest BCUT2D eigenvalue weighted by atomic mass is 10.1. The number of hydrogen-bond donors (Lipinski definition) is 2. The Bertz CT molecular complexity index is 1400. The van der Waals surface area contributed by atoms with E-state index in [0.717, 1.165) is 11.3 Å². The second kappa shape index (κ2) is 11.5. The van der Waals surface area contributed by atoms with E-state index in [1.54, 1.807) is 20.8 Å². The minimum Gasteiger partial charge on any atom is -0.462 e. The number of thiophene rings is 1. The molecule has 1 aromatic heterocycles. The minimum atomic E-state index is -3.92. The van der Waals surface area contributed by atoms with Crippen LogP contribution in [0.3, 0.4) is 0 Å². The Kier molecular flexibility index (Phi) is 8.72. The van der Waals surface area contributed by atoms with E-state index in [1.807, 2.05) is 0 Å². The van der Waals surface area contributed by atoms with Crippen LogP contribution in [0.5, 0.6) is 0 Å². The summed E-state index contributed by atoms with van der Waals surface area (Å²) < 4.78 is 37.9. The van der Waals surface area contributed by atoms with Crippen molar-refractivity contribution in [3.8, 4) is 0 Å². The number of ether oxygens (including phenoxy) is 2. The summed E-state index contributed by atoms with van der Waals surface area (Å²) in [7, 11) is -3.92. The van der Waals surface area contributed by atoms with Crippen LogP contribution < -0.4 is 10.0 Å². The monoisotopic (exact) mass is 550 g/mol. The molecule has 0 spiro atoms. The Hall–Kier alpha value is -3.41. The first-order chi connectivity index (χ1) is 17.1. The summed E-state index contributed by atoms with van der Waals surface area (Å²) in [5, 5.41) is 3.14. The molecule has 0 aliphatic rings. The highest BCUT2D eigenvalue weighted by Gasteiger charge is 2.27. The van der Waals surface area contributed by atoms with Gasteiger partial charge in [0.15, 0.2) is 0 Å². The van der Waals surface area contributed by atoms with Crippen LogP contribution in [-0.2, 0) is 19.5 Å². The van der Waals surface area contributed by atoms with Crippen molar-refractivity contribution in [3.63, 3.8) is 0 Å². The number of hydrogen-bond acceptors (Lipinski definition) is 8. The Balaban J connectivity index is 1.88. The number of benzene rings is 2. The molecular formula is C24H23ClN2O7S2. The summed E-state index contributed by atoms with van der Waals surface area (Å²) in [5.41, 5.74) is 0.650. The molecule has 3 aromatic rings. The maximum Gasteiger partial charge on any atom is 0.348 e. The molecule has 0 bridgehead atoms. The van der Waals surface area contributed by atoms with Crippen molar-refractivity contribution in [1.82, 2.24) is 0 Å². The molecule has 2 aromatic carbocycles. The summed E-state index contributed by atoms with van der Waals surface area (Å²) in [4.78, 5) is 38.1. The quantitative estimate of drug-likeness (QED) is 0.354. The molecule has 190 valence electrons. The van der Waals surface area contributed by atoms with Crippen molar-refractivity contribution in [2.75, 3.05) is 23.3 Å². The molecule has 36 heavy (non-hydrogen) atoms. The Morgan fingerprint density at radius 3 is 2.25 bits per heavy atom. The van der Waals surface area contributed by atoms with E-state index in [1.165, 1.54) is 48.5 Å². The molecule has 0 saturated heterocycles. The summed E-state index contributed by atoms with van der Waals surface area (Å²) in [6, 6.07) is 11.4. The molecule has 12 heteroatoms. The molecule has 0 saturated carbocycles. The van der Waals surface area contributed by atoms with Crippen LogP contribution in [0.2, 0.25) is 5.02 Å². The van der Waals surface area contributed by atoms with Crippen molar-refractivity contribution in [2.45, 2.75) is 25.7 Å². The van der Waals surface area contributed by atoms with E-state index in [-0.39, 0.29) is 44.8 Å². The van der Waals surface area contributed by atoms with Crippen molar-refractivity contribution < 1.29 is 32.3 Å². The zero-order valence-corrected chi connectivity index (χ0v) is 22.0. The predicted molar refractivity (Wildman–Crippen MR) is 138 cm³/mol. The summed E-state index contributed by atoms with van der Waals surface area (Å²) >= 11 is 6.72. The smallest absolute Gasteiger partial charge is 0.348 e. The topological polar surface area (TPSA) is 128 Å². The van der Waals surface area contributed by atoms with Gasteiger partial charge >= 0.3 is 11.9 Å². The highest BCUT2D eigenvalue weighted by atomic mass is 35.5. The van der Waals surface area contributed by atoms with Gasteiger partial charge in [0, 0.05) is 16.3 Å². The molecule has 9 nitrogen and oxygen atoms in total. The number of sulfonamides is 1. The molecule has 0 unspecified atom stereocenters. The molecule has 0 radical (unpaired) electrons. The number of nitrogens with one attached hydrogen (secondary N) is 2. The first-order valence-electron chi connectivity index (χ1n) is 10.7. The van der Waals surface area contributed by atoms with Gasteiger partial charge in [0.25, 0.3) is 15.9 Å². The lowest BCUT2D eigenvalue weighted by Gasteiger charge is -2.10. The van der Waals surface area contributed by atoms with Crippen LogP contribution in [0, 0.1) is 6.92 Å². The molecule has 0 aliphatic carbocycles. The minimum absolute atomic E-state index is 0.00129. The van der Waals surface area contributed by atoms with E-state index in [9.17, 15) is 22.8 Å². The fourth-order valence-corrected chi connectivity index (χ4v) is 5.43. The maximum absolute atomic E-state index is 13.0. The van der Waals surface area contributed by atoms with E-state index >= 15 is 0 Å². The number of rotatable bonds is 9. The molecule has 0 atom stereocenters. The van der Waals surface area contributed by atoms with E-state index < -0.39 is 27.9 Å². The zero-order valence-electron chi connectivity index (χ0n) is 19.6. The van der Waals surface area contributed by atoms with Crippen LogP contribution in [0.4, 0.5) is 10.7 Å². The van der Waals surface area contributed by atoms with Crippen LogP contribution >= 0.6 is 22.9 Å². The van der Waals surface area contributed by atoms with Gasteiger partial charge in [0.2, 0.25) is 0 Å². The lowest BCUT2D eigenvalue weighted by molar-refractivity contribution is 0.0527. The SMILES string of the molecule is CCOC(=O)c1sc(NC(=O)c2cccc(NS(=O)(=O)c3ccc(Cl)cc3)c2)c(C(=O)OCC)c1C. The van der Waals surface area contributed by atoms with Crippen molar-refractivity contribution in [3.05, 3.63) is 75.1 Å². The molecule has 0 aliphatic heterocycles. The van der Waals surface area contributed by atoms with Crippen LogP contribution in [0.1, 0.15) is 49.8 Å². The fraction of sp³-hybridized carbons (Fsp3) is 0.208. The highest BCUT2D eigenvalue weighted by Crippen LogP contribution is 2.35. The first-order valence-corrected chi connectivity index (χ1v) is 13.4.